The summed E-state index contributed by atoms with van der Waals surface area (Å²) >= 11 is 1.87. The molecule has 1 aromatic heterocycles. The van der Waals surface area contributed by atoms with E-state index in [1.54, 1.807) is 0 Å². The van der Waals surface area contributed by atoms with Gasteiger partial charge in [0.15, 0.2) is 0 Å². The number of aromatic nitrogens is 2. The van der Waals surface area contributed by atoms with Gasteiger partial charge in [-0.15, -0.1) is 11.8 Å². The van der Waals surface area contributed by atoms with E-state index in [9.17, 15) is 0 Å². The van der Waals surface area contributed by atoms with Crippen LogP contribution in [-0.4, -0.2) is 22.1 Å². The molecule has 3 nitrogen and oxygen atoms in total. The lowest BCUT2D eigenvalue weighted by molar-refractivity contribution is 0.639. The third-order valence-electron chi connectivity index (χ3n) is 3.24. The molecular formula is C15H21N3S. The zero-order valence-corrected chi connectivity index (χ0v) is 12.4. The van der Waals surface area contributed by atoms with Crippen molar-refractivity contribution in [1.29, 1.82) is 0 Å². The van der Waals surface area contributed by atoms with Crippen LogP contribution in [0.25, 0.3) is 0 Å². The minimum atomic E-state index is 0.687. The molecule has 2 aromatic rings. The molecule has 0 unspecified atom stereocenters. The monoisotopic (exact) mass is 275 g/mol. The van der Waals surface area contributed by atoms with Crippen LogP contribution in [0.3, 0.4) is 0 Å². The van der Waals surface area contributed by atoms with Gasteiger partial charge in [-0.05, 0) is 44.5 Å². The Labute approximate surface area is 119 Å². The van der Waals surface area contributed by atoms with Crippen LogP contribution >= 0.6 is 11.8 Å². The van der Waals surface area contributed by atoms with Gasteiger partial charge in [-0.25, -0.2) is 0 Å². The standard InChI is InChI=1S/C15H21N3S/c1-12-15(8-9-16)13(2)18(17-12)10-11-19-14-6-4-3-5-7-14/h3-7H,8-11,16H2,1-2H3. The lowest BCUT2D eigenvalue weighted by atomic mass is 10.1. The van der Waals surface area contributed by atoms with Gasteiger partial charge in [0.05, 0.1) is 12.2 Å². The zero-order valence-electron chi connectivity index (χ0n) is 11.6. The van der Waals surface area contributed by atoms with Crippen molar-refractivity contribution in [3.63, 3.8) is 0 Å². The van der Waals surface area contributed by atoms with Crippen LogP contribution in [0.2, 0.25) is 0 Å². The molecule has 0 atom stereocenters. The second-order valence-electron chi connectivity index (χ2n) is 4.57. The van der Waals surface area contributed by atoms with Gasteiger partial charge in [0, 0.05) is 16.3 Å². The van der Waals surface area contributed by atoms with Gasteiger partial charge >= 0.3 is 0 Å². The van der Waals surface area contributed by atoms with E-state index in [0.717, 1.165) is 24.4 Å². The van der Waals surface area contributed by atoms with Gasteiger partial charge in [-0.1, -0.05) is 18.2 Å². The molecule has 1 heterocycles. The third kappa shape index (κ3) is 3.61. The zero-order chi connectivity index (χ0) is 13.7. The second-order valence-corrected chi connectivity index (χ2v) is 5.74. The second kappa shape index (κ2) is 6.78. The summed E-state index contributed by atoms with van der Waals surface area (Å²) in [6.07, 6.45) is 0.920. The highest BCUT2D eigenvalue weighted by molar-refractivity contribution is 7.99. The van der Waals surface area contributed by atoms with Crippen molar-refractivity contribution in [1.82, 2.24) is 9.78 Å². The smallest absolute Gasteiger partial charge is 0.0628 e. The molecule has 0 saturated heterocycles. The van der Waals surface area contributed by atoms with Crippen molar-refractivity contribution >= 4 is 11.8 Å². The average molecular weight is 275 g/mol. The van der Waals surface area contributed by atoms with Crippen molar-refractivity contribution < 1.29 is 0 Å². The van der Waals surface area contributed by atoms with E-state index < -0.39 is 0 Å². The molecule has 4 heteroatoms. The van der Waals surface area contributed by atoms with Crippen molar-refractivity contribution in [3.8, 4) is 0 Å². The molecule has 0 radical (unpaired) electrons. The van der Waals surface area contributed by atoms with Gasteiger partial charge in [-0.2, -0.15) is 5.10 Å². The highest BCUT2D eigenvalue weighted by atomic mass is 32.2. The van der Waals surface area contributed by atoms with Crippen LogP contribution in [0.15, 0.2) is 35.2 Å². The van der Waals surface area contributed by atoms with Gasteiger partial charge in [0.1, 0.15) is 0 Å². The van der Waals surface area contributed by atoms with Crippen molar-refractivity contribution in [2.45, 2.75) is 31.7 Å². The Morgan fingerprint density at radius 3 is 2.63 bits per heavy atom. The maximum Gasteiger partial charge on any atom is 0.0628 e. The molecule has 0 saturated carbocycles. The minimum Gasteiger partial charge on any atom is -0.330 e. The van der Waals surface area contributed by atoms with Crippen LogP contribution in [0.5, 0.6) is 0 Å². The number of aryl methyl sites for hydroxylation is 2. The van der Waals surface area contributed by atoms with E-state index >= 15 is 0 Å². The molecule has 2 rings (SSSR count). The van der Waals surface area contributed by atoms with Gasteiger partial charge < -0.3 is 5.73 Å². The number of hydrogen-bond acceptors (Lipinski definition) is 3. The number of hydrogen-bond donors (Lipinski definition) is 1. The van der Waals surface area contributed by atoms with Crippen molar-refractivity contribution in [2.75, 3.05) is 12.3 Å². The molecule has 19 heavy (non-hydrogen) atoms. The molecule has 2 N–H and O–H groups in total. The van der Waals surface area contributed by atoms with Crippen molar-refractivity contribution in [2.24, 2.45) is 5.73 Å². The maximum atomic E-state index is 5.64. The molecule has 102 valence electrons. The number of rotatable bonds is 6. The van der Waals surface area contributed by atoms with E-state index in [-0.39, 0.29) is 0 Å². The van der Waals surface area contributed by atoms with E-state index in [2.05, 4.69) is 47.9 Å². The first-order valence-electron chi connectivity index (χ1n) is 6.63. The summed E-state index contributed by atoms with van der Waals surface area (Å²) in [5.41, 5.74) is 9.33. The maximum absolute atomic E-state index is 5.64. The predicted octanol–water partition coefficient (Wildman–Crippen LogP) is 2.79. The Morgan fingerprint density at radius 2 is 1.95 bits per heavy atom. The first-order valence-corrected chi connectivity index (χ1v) is 7.61. The Morgan fingerprint density at radius 1 is 1.21 bits per heavy atom. The van der Waals surface area contributed by atoms with Gasteiger partial charge in [0.2, 0.25) is 0 Å². The minimum absolute atomic E-state index is 0.687. The summed E-state index contributed by atoms with van der Waals surface area (Å²) in [6, 6.07) is 10.5. The topological polar surface area (TPSA) is 43.8 Å². The molecule has 0 spiro atoms. The van der Waals surface area contributed by atoms with Crippen LogP contribution in [-0.2, 0) is 13.0 Å². The average Bonchev–Trinajstić information content (AvgIpc) is 2.68. The summed E-state index contributed by atoms with van der Waals surface area (Å²) < 4.78 is 2.11. The van der Waals surface area contributed by atoms with E-state index in [0.29, 0.717) is 6.54 Å². The van der Waals surface area contributed by atoms with E-state index in [4.69, 9.17) is 5.73 Å². The largest absolute Gasteiger partial charge is 0.330 e. The highest BCUT2D eigenvalue weighted by Gasteiger charge is 2.10. The highest BCUT2D eigenvalue weighted by Crippen LogP contribution is 2.19. The number of nitrogens with two attached hydrogens (primary N) is 1. The molecule has 0 aliphatic rings. The normalized spacial score (nSPS) is 10.9. The molecule has 1 aromatic carbocycles. The summed E-state index contributed by atoms with van der Waals surface area (Å²) in [5, 5.41) is 4.61. The molecule has 0 bridgehead atoms. The fourth-order valence-corrected chi connectivity index (χ4v) is 3.07. The fourth-order valence-electron chi connectivity index (χ4n) is 2.22. The van der Waals surface area contributed by atoms with E-state index in [1.165, 1.54) is 16.2 Å². The summed E-state index contributed by atoms with van der Waals surface area (Å²) in [4.78, 5) is 1.31. The first-order chi connectivity index (χ1) is 9.22. The SMILES string of the molecule is Cc1nn(CCSc2ccccc2)c(C)c1CCN. The van der Waals surface area contributed by atoms with Crippen LogP contribution in [0.4, 0.5) is 0 Å². The summed E-state index contributed by atoms with van der Waals surface area (Å²) in [5.74, 6) is 1.04. The van der Waals surface area contributed by atoms with Crippen LogP contribution < -0.4 is 5.73 Å². The van der Waals surface area contributed by atoms with Crippen LogP contribution in [0, 0.1) is 13.8 Å². The molecule has 0 amide bonds. The number of benzene rings is 1. The molecule has 0 fully saturated rings. The third-order valence-corrected chi connectivity index (χ3v) is 4.23. The molecule has 0 aliphatic heterocycles. The fraction of sp³-hybridized carbons (Fsp3) is 0.400. The molecular weight excluding hydrogens is 254 g/mol. The first kappa shape index (κ1) is 14.2. The quantitative estimate of drug-likeness (QED) is 0.824. The molecule has 0 aliphatic carbocycles. The Hall–Kier alpha value is -1.26. The summed E-state index contributed by atoms with van der Waals surface area (Å²) in [6.45, 7) is 5.83. The number of thioether (sulfide) groups is 1. The predicted molar refractivity (Wildman–Crippen MR) is 81.6 cm³/mol. The summed E-state index contributed by atoms with van der Waals surface area (Å²) in [7, 11) is 0. The van der Waals surface area contributed by atoms with Gasteiger partial charge in [0.25, 0.3) is 0 Å². The lowest BCUT2D eigenvalue weighted by Gasteiger charge is -2.05. The van der Waals surface area contributed by atoms with Gasteiger partial charge in [-0.3, -0.25) is 4.68 Å². The van der Waals surface area contributed by atoms with Crippen molar-refractivity contribution in [3.05, 3.63) is 47.3 Å². The Kier molecular flexibility index (Phi) is 5.05. The lowest BCUT2D eigenvalue weighted by Crippen LogP contribution is -2.07. The Bertz CT molecular complexity index is 520. The van der Waals surface area contributed by atoms with E-state index in [1.807, 2.05) is 17.8 Å². The number of nitrogens with zero attached hydrogens (tertiary/aromatic N) is 2. The van der Waals surface area contributed by atoms with Crippen LogP contribution in [0.1, 0.15) is 17.0 Å². The Balaban J connectivity index is 1.95.